The van der Waals surface area contributed by atoms with E-state index in [4.69, 9.17) is 9.52 Å². The van der Waals surface area contributed by atoms with Crippen LogP contribution in [0.3, 0.4) is 0 Å². The zero-order chi connectivity index (χ0) is 14.7. The lowest BCUT2D eigenvalue weighted by Gasteiger charge is -1.95. The SMILES string of the molecule is O=C(O)c1ccc(CSc2nc(-c3ccccc3)cs2)o1. The van der Waals surface area contributed by atoms with Gasteiger partial charge in [-0.3, -0.25) is 0 Å². The molecule has 6 heteroatoms. The summed E-state index contributed by atoms with van der Waals surface area (Å²) in [4.78, 5) is 15.3. The molecule has 1 aromatic carbocycles. The van der Waals surface area contributed by atoms with Crippen molar-refractivity contribution < 1.29 is 14.3 Å². The number of thiazole rings is 1. The Balaban J connectivity index is 1.66. The van der Waals surface area contributed by atoms with Crippen LogP contribution in [0.2, 0.25) is 0 Å². The molecule has 21 heavy (non-hydrogen) atoms. The van der Waals surface area contributed by atoms with E-state index in [1.165, 1.54) is 17.8 Å². The molecule has 1 N–H and O–H groups in total. The Morgan fingerprint density at radius 3 is 2.76 bits per heavy atom. The van der Waals surface area contributed by atoms with E-state index in [-0.39, 0.29) is 5.76 Å². The summed E-state index contributed by atoms with van der Waals surface area (Å²) in [5, 5.41) is 10.8. The van der Waals surface area contributed by atoms with Crippen molar-refractivity contribution in [3.05, 3.63) is 59.4 Å². The summed E-state index contributed by atoms with van der Waals surface area (Å²) in [6.07, 6.45) is 0. The number of carbonyl (C=O) groups is 1. The van der Waals surface area contributed by atoms with Gasteiger partial charge in [0.1, 0.15) is 5.76 Å². The zero-order valence-electron chi connectivity index (χ0n) is 10.9. The first-order valence-electron chi connectivity index (χ1n) is 6.18. The number of hydrogen-bond donors (Lipinski definition) is 1. The van der Waals surface area contributed by atoms with Crippen molar-refractivity contribution in [1.82, 2.24) is 4.98 Å². The highest BCUT2D eigenvalue weighted by molar-refractivity contribution is 8.00. The van der Waals surface area contributed by atoms with Crippen molar-refractivity contribution in [2.45, 2.75) is 10.1 Å². The van der Waals surface area contributed by atoms with E-state index in [1.54, 1.807) is 17.4 Å². The topological polar surface area (TPSA) is 63.3 Å². The summed E-state index contributed by atoms with van der Waals surface area (Å²) < 4.78 is 6.15. The van der Waals surface area contributed by atoms with Gasteiger partial charge in [0.15, 0.2) is 4.34 Å². The lowest BCUT2D eigenvalue weighted by atomic mass is 10.2. The van der Waals surface area contributed by atoms with Crippen LogP contribution in [0.4, 0.5) is 0 Å². The first-order chi connectivity index (χ1) is 10.2. The molecule has 0 saturated carbocycles. The van der Waals surface area contributed by atoms with Crippen LogP contribution < -0.4 is 0 Å². The van der Waals surface area contributed by atoms with Gasteiger partial charge in [0, 0.05) is 10.9 Å². The van der Waals surface area contributed by atoms with Gasteiger partial charge >= 0.3 is 5.97 Å². The predicted octanol–water partition coefficient (Wildman–Crippen LogP) is 4.39. The van der Waals surface area contributed by atoms with Gasteiger partial charge in [-0.2, -0.15) is 0 Å². The average Bonchev–Trinajstić information content (AvgIpc) is 3.15. The summed E-state index contributed by atoms with van der Waals surface area (Å²) >= 11 is 3.11. The fourth-order valence-corrected chi connectivity index (χ4v) is 3.50. The van der Waals surface area contributed by atoms with E-state index in [1.807, 2.05) is 35.7 Å². The molecule has 0 aliphatic rings. The summed E-state index contributed by atoms with van der Waals surface area (Å²) in [7, 11) is 0. The maximum absolute atomic E-state index is 10.7. The van der Waals surface area contributed by atoms with Crippen LogP contribution in [-0.2, 0) is 5.75 Å². The Morgan fingerprint density at radius 2 is 2.05 bits per heavy atom. The van der Waals surface area contributed by atoms with Crippen LogP contribution in [-0.4, -0.2) is 16.1 Å². The smallest absolute Gasteiger partial charge is 0.371 e. The molecule has 0 unspecified atom stereocenters. The normalized spacial score (nSPS) is 10.7. The maximum Gasteiger partial charge on any atom is 0.371 e. The van der Waals surface area contributed by atoms with Crippen LogP contribution >= 0.6 is 23.1 Å². The van der Waals surface area contributed by atoms with Gasteiger partial charge in [-0.25, -0.2) is 9.78 Å². The number of aromatic nitrogens is 1. The van der Waals surface area contributed by atoms with Crippen molar-refractivity contribution in [2.24, 2.45) is 0 Å². The van der Waals surface area contributed by atoms with Gasteiger partial charge in [-0.05, 0) is 12.1 Å². The Hall–Kier alpha value is -2.05. The second kappa shape index (κ2) is 6.15. The van der Waals surface area contributed by atoms with Crippen molar-refractivity contribution >= 4 is 29.1 Å². The number of carboxylic acid groups (broad SMARTS) is 1. The Labute approximate surface area is 129 Å². The molecule has 0 aliphatic carbocycles. The third-order valence-electron chi connectivity index (χ3n) is 2.76. The molecular weight excluding hydrogens is 306 g/mol. The summed E-state index contributed by atoms with van der Waals surface area (Å²) in [6.45, 7) is 0. The number of furan rings is 1. The third-order valence-corrected chi connectivity index (χ3v) is 4.81. The Bertz CT molecular complexity index is 749. The van der Waals surface area contributed by atoms with E-state index >= 15 is 0 Å². The van der Waals surface area contributed by atoms with E-state index in [2.05, 4.69) is 4.98 Å². The molecule has 0 amide bonds. The van der Waals surface area contributed by atoms with Gasteiger partial charge in [0.05, 0.1) is 11.4 Å². The van der Waals surface area contributed by atoms with E-state index in [9.17, 15) is 4.79 Å². The molecule has 0 saturated heterocycles. The minimum Gasteiger partial charge on any atom is -0.475 e. The van der Waals surface area contributed by atoms with Gasteiger partial charge in [-0.15, -0.1) is 11.3 Å². The number of carboxylic acids is 1. The van der Waals surface area contributed by atoms with E-state index in [0.29, 0.717) is 11.5 Å². The number of hydrogen-bond acceptors (Lipinski definition) is 5. The molecule has 106 valence electrons. The molecule has 0 atom stereocenters. The molecule has 0 spiro atoms. The first kappa shape index (κ1) is 13.9. The maximum atomic E-state index is 10.7. The van der Waals surface area contributed by atoms with Gasteiger partial charge < -0.3 is 9.52 Å². The quantitative estimate of drug-likeness (QED) is 0.707. The fraction of sp³-hybridized carbons (Fsp3) is 0.0667. The standard InChI is InChI=1S/C15H11NO3S2/c17-14(18)13-7-6-11(19-13)8-20-15-16-12(9-21-15)10-4-2-1-3-5-10/h1-7,9H,8H2,(H,17,18). The number of nitrogens with zero attached hydrogens (tertiary/aromatic N) is 1. The number of benzene rings is 1. The molecule has 0 radical (unpaired) electrons. The minimum absolute atomic E-state index is 0.0327. The van der Waals surface area contributed by atoms with Crippen LogP contribution in [0.15, 0.2) is 56.6 Å². The zero-order valence-corrected chi connectivity index (χ0v) is 12.5. The summed E-state index contributed by atoms with van der Waals surface area (Å²) in [5.74, 6) is 0.116. The lowest BCUT2D eigenvalue weighted by Crippen LogP contribution is -1.91. The highest BCUT2D eigenvalue weighted by Gasteiger charge is 2.10. The molecule has 4 nitrogen and oxygen atoms in total. The first-order valence-corrected chi connectivity index (χ1v) is 8.04. The number of rotatable bonds is 5. The van der Waals surface area contributed by atoms with Crippen molar-refractivity contribution in [2.75, 3.05) is 0 Å². The highest BCUT2D eigenvalue weighted by Crippen LogP contribution is 2.30. The molecule has 3 aromatic rings. The third kappa shape index (κ3) is 3.34. The second-order valence-electron chi connectivity index (χ2n) is 4.22. The van der Waals surface area contributed by atoms with Gasteiger partial charge in [0.2, 0.25) is 5.76 Å². The Morgan fingerprint density at radius 1 is 1.24 bits per heavy atom. The number of aromatic carboxylic acids is 1. The van der Waals surface area contributed by atoms with Crippen molar-refractivity contribution in [3.8, 4) is 11.3 Å². The molecule has 2 heterocycles. The molecular formula is C15H11NO3S2. The number of thioether (sulfide) groups is 1. The fourth-order valence-electron chi connectivity index (χ4n) is 1.77. The summed E-state index contributed by atoms with van der Waals surface area (Å²) in [5.41, 5.74) is 2.04. The van der Waals surface area contributed by atoms with Crippen LogP contribution in [0.25, 0.3) is 11.3 Å². The average molecular weight is 317 g/mol. The van der Waals surface area contributed by atoms with E-state index < -0.39 is 5.97 Å². The van der Waals surface area contributed by atoms with Gasteiger partial charge in [0.25, 0.3) is 0 Å². The van der Waals surface area contributed by atoms with Crippen LogP contribution in [0.5, 0.6) is 0 Å². The second-order valence-corrected chi connectivity index (χ2v) is 6.31. The lowest BCUT2D eigenvalue weighted by molar-refractivity contribution is 0.0661. The summed E-state index contributed by atoms with van der Waals surface area (Å²) in [6, 6.07) is 13.1. The molecule has 3 rings (SSSR count). The minimum atomic E-state index is -1.05. The Kier molecular flexibility index (Phi) is 4.08. The monoisotopic (exact) mass is 317 g/mol. The highest BCUT2D eigenvalue weighted by atomic mass is 32.2. The van der Waals surface area contributed by atoms with Crippen LogP contribution in [0.1, 0.15) is 16.3 Å². The predicted molar refractivity (Wildman–Crippen MR) is 82.8 cm³/mol. The van der Waals surface area contributed by atoms with Crippen LogP contribution in [0, 0.1) is 0 Å². The van der Waals surface area contributed by atoms with Crippen molar-refractivity contribution in [1.29, 1.82) is 0 Å². The van der Waals surface area contributed by atoms with Crippen molar-refractivity contribution in [3.63, 3.8) is 0 Å². The molecule has 2 aromatic heterocycles. The largest absolute Gasteiger partial charge is 0.475 e. The molecule has 0 fully saturated rings. The van der Waals surface area contributed by atoms with E-state index in [0.717, 1.165) is 15.6 Å². The van der Waals surface area contributed by atoms with Gasteiger partial charge in [-0.1, -0.05) is 42.1 Å². The molecule has 0 aliphatic heterocycles. The molecule has 0 bridgehead atoms.